The maximum Gasteiger partial charge on any atom is 0.251 e. The minimum atomic E-state index is -0.152. The molecule has 0 unspecified atom stereocenters. The van der Waals surface area contributed by atoms with E-state index in [1.807, 2.05) is 29.8 Å². The lowest BCUT2D eigenvalue weighted by molar-refractivity contribution is 0.0950. The van der Waals surface area contributed by atoms with Gasteiger partial charge in [0.15, 0.2) is 11.5 Å². The molecule has 3 aromatic rings. The molecule has 27 heavy (non-hydrogen) atoms. The van der Waals surface area contributed by atoms with E-state index in [4.69, 9.17) is 9.47 Å². The number of hydrogen-bond acceptors (Lipinski definition) is 4. The molecule has 140 valence electrons. The number of amides is 1. The quantitative estimate of drug-likeness (QED) is 0.665. The molecule has 0 atom stereocenters. The van der Waals surface area contributed by atoms with Gasteiger partial charge in [-0.3, -0.25) is 4.79 Å². The Morgan fingerprint density at radius 3 is 2.56 bits per heavy atom. The number of hydrogen-bond donors (Lipinski definition) is 1. The van der Waals surface area contributed by atoms with E-state index in [0.717, 1.165) is 12.1 Å². The molecule has 6 nitrogen and oxygen atoms in total. The third-order valence-electron chi connectivity index (χ3n) is 4.13. The number of nitrogens with one attached hydrogen (secondary N) is 1. The first-order chi connectivity index (χ1) is 13.2. The Hall–Kier alpha value is -3.28. The summed E-state index contributed by atoms with van der Waals surface area (Å²) >= 11 is 0. The summed E-state index contributed by atoms with van der Waals surface area (Å²) in [6.45, 7) is 3.63. The van der Waals surface area contributed by atoms with Crippen molar-refractivity contribution in [2.45, 2.75) is 20.0 Å². The first kappa shape index (κ1) is 18.5. The second kappa shape index (κ2) is 8.89. The zero-order chi connectivity index (χ0) is 19.1. The van der Waals surface area contributed by atoms with Gasteiger partial charge in [-0.2, -0.15) is 0 Å². The SMILES string of the molecule is CCOc1cc(C(=O)NCc2ccc(Cn3ccnc3)cc2)ccc1OC. The van der Waals surface area contributed by atoms with Gasteiger partial charge < -0.3 is 19.4 Å². The Balaban J connectivity index is 1.59. The average molecular weight is 365 g/mol. The summed E-state index contributed by atoms with van der Waals surface area (Å²) in [7, 11) is 1.58. The van der Waals surface area contributed by atoms with E-state index in [0.29, 0.717) is 30.2 Å². The molecule has 0 saturated heterocycles. The Bertz CT molecular complexity index is 874. The predicted molar refractivity (Wildman–Crippen MR) is 103 cm³/mol. The van der Waals surface area contributed by atoms with Gasteiger partial charge in [0.05, 0.1) is 20.0 Å². The fourth-order valence-corrected chi connectivity index (χ4v) is 2.72. The number of carbonyl (C=O) groups is 1. The molecular weight excluding hydrogens is 342 g/mol. The van der Waals surface area contributed by atoms with Crippen LogP contribution in [-0.2, 0) is 13.1 Å². The highest BCUT2D eigenvalue weighted by atomic mass is 16.5. The topological polar surface area (TPSA) is 65.4 Å². The summed E-state index contributed by atoms with van der Waals surface area (Å²) in [5.41, 5.74) is 2.76. The van der Waals surface area contributed by atoms with Gasteiger partial charge in [-0.05, 0) is 36.2 Å². The Morgan fingerprint density at radius 1 is 1.11 bits per heavy atom. The lowest BCUT2D eigenvalue weighted by Crippen LogP contribution is -2.22. The second-order valence-electron chi connectivity index (χ2n) is 6.03. The maximum atomic E-state index is 12.4. The van der Waals surface area contributed by atoms with Crippen molar-refractivity contribution in [1.82, 2.24) is 14.9 Å². The van der Waals surface area contributed by atoms with Crippen LogP contribution < -0.4 is 14.8 Å². The molecule has 1 amide bonds. The molecule has 0 fully saturated rings. The van der Waals surface area contributed by atoms with Gasteiger partial charge in [0.2, 0.25) is 0 Å². The van der Waals surface area contributed by atoms with Crippen molar-refractivity contribution in [1.29, 1.82) is 0 Å². The summed E-state index contributed by atoms with van der Waals surface area (Å²) in [4.78, 5) is 16.5. The van der Waals surface area contributed by atoms with Crippen molar-refractivity contribution >= 4 is 5.91 Å². The lowest BCUT2D eigenvalue weighted by atomic mass is 10.1. The molecule has 0 saturated carbocycles. The van der Waals surface area contributed by atoms with Crippen LogP contribution in [0.15, 0.2) is 61.2 Å². The second-order valence-corrected chi connectivity index (χ2v) is 6.03. The third-order valence-corrected chi connectivity index (χ3v) is 4.13. The fourth-order valence-electron chi connectivity index (χ4n) is 2.72. The van der Waals surface area contributed by atoms with E-state index in [2.05, 4.69) is 22.4 Å². The molecule has 1 heterocycles. The summed E-state index contributed by atoms with van der Waals surface area (Å²) < 4.78 is 12.8. The number of benzene rings is 2. The monoisotopic (exact) mass is 365 g/mol. The number of nitrogens with zero attached hydrogens (tertiary/aromatic N) is 2. The maximum absolute atomic E-state index is 12.4. The van der Waals surface area contributed by atoms with Crippen molar-refractivity contribution in [3.63, 3.8) is 0 Å². The number of methoxy groups -OCH3 is 1. The zero-order valence-corrected chi connectivity index (χ0v) is 15.5. The number of ether oxygens (including phenoxy) is 2. The molecule has 0 aliphatic carbocycles. The number of rotatable bonds is 8. The molecule has 1 N–H and O–H groups in total. The van der Waals surface area contributed by atoms with Crippen molar-refractivity contribution in [3.05, 3.63) is 77.9 Å². The first-order valence-electron chi connectivity index (χ1n) is 8.82. The van der Waals surface area contributed by atoms with E-state index < -0.39 is 0 Å². The first-order valence-corrected chi connectivity index (χ1v) is 8.82. The largest absolute Gasteiger partial charge is 0.493 e. The van der Waals surface area contributed by atoms with Crippen LogP contribution in [0.5, 0.6) is 11.5 Å². The van der Waals surface area contributed by atoms with Gasteiger partial charge in [-0.1, -0.05) is 24.3 Å². The number of imidazole rings is 1. The molecule has 0 aliphatic heterocycles. The van der Waals surface area contributed by atoms with Gasteiger partial charge in [0.1, 0.15) is 0 Å². The third kappa shape index (κ3) is 4.88. The summed E-state index contributed by atoms with van der Waals surface area (Å²) in [6.07, 6.45) is 5.49. The fraction of sp³-hybridized carbons (Fsp3) is 0.238. The molecule has 2 aromatic carbocycles. The molecule has 0 bridgehead atoms. The predicted octanol–water partition coefficient (Wildman–Crippen LogP) is 3.27. The van der Waals surface area contributed by atoms with Gasteiger partial charge >= 0.3 is 0 Å². The molecular formula is C21H23N3O3. The minimum absolute atomic E-state index is 0.152. The Morgan fingerprint density at radius 2 is 1.89 bits per heavy atom. The van der Waals surface area contributed by atoms with Crippen molar-refractivity contribution < 1.29 is 14.3 Å². The van der Waals surface area contributed by atoms with Gasteiger partial charge in [0, 0.05) is 31.0 Å². The van der Waals surface area contributed by atoms with Gasteiger partial charge in [-0.25, -0.2) is 4.98 Å². The van der Waals surface area contributed by atoms with Crippen LogP contribution in [0.25, 0.3) is 0 Å². The van der Waals surface area contributed by atoms with Crippen LogP contribution in [0.1, 0.15) is 28.4 Å². The van der Waals surface area contributed by atoms with Crippen molar-refractivity contribution in [2.75, 3.05) is 13.7 Å². The smallest absolute Gasteiger partial charge is 0.251 e. The molecule has 1 aromatic heterocycles. The van der Waals surface area contributed by atoms with E-state index in [1.54, 1.807) is 37.8 Å². The highest BCUT2D eigenvalue weighted by Gasteiger charge is 2.11. The zero-order valence-electron chi connectivity index (χ0n) is 15.5. The van der Waals surface area contributed by atoms with E-state index in [9.17, 15) is 4.79 Å². The van der Waals surface area contributed by atoms with Gasteiger partial charge in [0.25, 0.3) is 5.91 Å². The molecule has 0 aliphatic rings. The van der Waals surface area contributed by atoms with Crippen LogP contribution in [0, 0.1) is 0 Å². The standard InChI is InChI=1S/C21H23N3O3/c1-3-27-20-12-18(8-9-19(20)26-2)21(25)23-13-16-4-6-17(7-5-16)14-24-11-10-22-15-24/h4-12,15H,3,13-14H2,1-2H3,(H,23,25). The Labute approximate surface area is 158 Å². The normalized spacial score (nSPS) is 10.4. The van der Waals surface area contributed by atoms with E-state index in [-0.39, 0.29) is 5.91 Å². The minimum Gasteiger partial charge on any atom is -0.493 e. The Kier molecular flexibility index (Phi) is 6.10. The summed E-state index contributed by atoms with van der Waals surface area (Å²) in [6, 6.07) is 13.3. The van der Waals surface area contributed by atoms with Crippen LogP contribution in [-0.4, -0.2) is 29.2 Å². The number of aromatic nitrogens is 2. The lowest BCUT2D eigenvalue weighted by Gasteiger charge is -2.11. The molecule has 0 radical (unpaired) electrons. The van der Waals surface area contributed by atoms with Crippen LogP contribution in [0.4, 0.5) is 0 Å². The molecule has 6 heteroatoms. The van der Waals surface area contributed by atoms with Crippen LogP contribution >= 0.6 is 0 Å². The molecule has 0 spiro atoms. The van der Waals surface area contributed by atoms with E-state index in [1.165, 1.54) is 5.56 Å². The molecule has 3 rings (SSSR count). The van der Waals surface area contributed by atoms with Gasteiger partial charge in [-0.15, -0.1) is 0 Å². The summed E-state index contributed by atoms with van der Waals surface area (Å²) in [5.74, 6) is 1.03. The van der Waals surface area contributed by atoms with Crippen LogP contribution in [0.3, 0.4) is 0 Å². The van der Waals surface area contributed by atoms with E-state index >= 15 is 0 Å². The highest BCUT2D eigenvalue weighted by molar-refractivity contribution is 5.94. The van der Waals surface area contributed by atoms with Crippen LogP contribution in [0.2, 0.25) is 0 Å². The summed E-state index contributed by atoms with van der Waals surface area (Å²) in [5, 5.41) is 2.94. The number of carbonyl (C=O) groups excluding carboxylic acids is 1. The average Bonchev–Trinajstić information content (AvgIpc) is 3.20. The van der Waals surface area contributed by atoms with Crippen molar-refractivity contribution in [2.24, 2.45) is 0 Å². The van der Waals surface area contributed by atoms with Crippen molar-refractivity contribution in [3.8, 4) is 11.5 Å². The highest BCUT2D eigenvalue weighted by Crippen LogP contribution is 2.28.